The molecule has 3 rings (SSSR count). The molecule has 28 heavy (non-hydrogen) atoms. The molecule has 3 N–H and O–H groups in total. The number of amides is 1. The summed E-state index contributed by atoms with van der Waals surface area (Å²) in [5, 5.41) is 11.6. The summed E-state index contributed by atoms with van der Waals surface area (Å²) in [6, 6.07) is 7.98. The fraction of sp³-hybridized carbons (Fsp3) is 0.421. The van der Waals surface area contributed by atoms with E-state index in [1.54, 1.807) is 23.1 Å². The first kappa shape index (κ1) is 23.0. The van der Waals surface area contributed by atoms with E-state index in [1.165, 1.54) is 0 Å². The summed E-state index contributed by atoms with van der Waals surface area (Å²) in [4.78, 5) is 20.9. The maximum absolute atomic E-state index is 12.0. The number of hydrogen-bond acceptors (Lipinski definition) is 5. The van der Waals surface area contributed by atoms with Gasteiger partial charge in [0.2, 0.25) is 5.91 Å². The first-order chi connectivity index (χ1) is 13.3. The zero-order chi connectivity index (χ0) is 18.9. The van der Waals surface area contributed by atoms with Crippen LogP contribution in [0.3, 0.4) is 0 Å². The lowest BCUT2D eigenvalue weighted by molar-refractivity contribution is -0.116. The molecule has 152 valence electrons. The van der Waals surface area contributed by atoms with Crippen molar-refractivity contribution in [1.29, 1.82) is 0 Å². The highest BCUT2D eigenvalue weighted by Gasteiger charge is 2.24. The van der Waals surface area contributed by atoms with Gasteiger partial charge in [-0.3, -0.25) is 9.79 Å². The summed E-state index contributed by atoms with van der Waals surface area (Å²) in [7, 11) is 0. The highest BCUT2D eigenvalue weighted by molar-refractivity contribution is 14.0. The molecule has 0 saturated heterocycles. The molecule has 2 aromatic rings. The van der Waals surface area contributed by atoms with Gasteiger partial charge in [0.1, 0.15) is 4.34 Å². The molecule has 9 heteroatoms. The Morgan fingerprint density at radius 1 is 1.39 bits per heavy atom. The number of nitrogens with zero attached hydrogens (tertiary/aromatic N) is 2. The van der Waals surface area contributed by atoms with Gasteiger partial charge in [-0.15, -0.1) is 35.3 Å². The number of para-hydroxylation sites is 1. The fourth-order valence-electron chi connectivity index (χ4n) is 2.93. The van der Waals surface area contributed by atoms with Gasteiger partial charge >= 0.3 is 0 Å². The molecular formula is C19H26IN5OS2. The standard InChI is InChI=1S/C19H25N5OS2.HI/c1-2-20-18(21-8-5-10-26-19-22-9-11-27-19)23-13-14-12-17(25)24-16-7-4-3-6-15(14)16;/h3-4,6-7,9,11,14H,2,5,8,10,12-13H2,1H3,(H,24,25)(H2,20,21,23);1H. The van der Waals surface area contributed by atoms with E-state index in [9.17, 15) is 4.79 Å². The molecule has 1 aromatic carbocycles. The Bertz CT molecular complexity index is 769. The average molecular weight is 531 g/mol. The van der Waals surface area contributed by atoms with E-state index >= 15 is 0 Å². The maximum Gasteiger partial charge on any atom is 0.225 e. The van der Waals surface area contributed by atoms with Gasteiger partial charge in [-0.2, -0.15) is 0 Å². The fourth-order valence-corrected chi connectivity index (χ4v) is 4.58. The van der Waals surface area contributed by atoms with Gasteiger partial charge in [0.05, 0.1) is 6.54 Å². The number of aromatic nitrogens is 1. The van der Waals surface area contributed by atoms with Crippen molar-refractivity contribution in [2.45, 2.75) is 30.0 Å². The van der Waals surface area contributed by atoms with Crippen molar-refractivity contribution in [2.24, 2.45) is 4.99 Å². The summed E-state index contributed by atoms with van der Waals surface area (Å²) >= 11 is 3.46. The number of rotatable bonds is 8. The van der Waals surface area contributed by atoms with Crippen LogP contribution in [0.1, 0.15) is 31.2 Å². The van der Waals surface area contributed by atoms with Gasteiger partial charge in [-0.1, -0.05) is 30.0 Å². The second kappa shape index (κ2) is 12.3. The number of guanidine groups is 1. The number of halogens is 1. The predicted molar refractivity (Wildman–Crippen MR) is 129 cm³/mol. The van der Waals surface area contributed by atoms with Crippen molar-refractivity contribution in [2.75, 3.05) is 30.7 Å². The van der Waals surface area contributed by atoms with Crippen molar-refractivity contribution in [3.8, 4) is 0 Å². The summed E-state index contributed by atoms with van der Waals surface area (Å²) in [6.45, 7) is 4.31. The molecule has 0 saturated carbocycles. The van der Waals surface area contributed by atoms with Gasteiger partial charge in [0.15, 0.2) is 5.96 Å². The van der Waals surface area contributed by atoms with Gasteiger partial charge < -0.3 is 16.0 Å². The van der Waals surface area contributed by atoms with Gasteiger partial charge in [-0.25, -0.2) is 4.98 Å². The molecule has 0 fully saturated rings. The third-order valence-corrected chi connectivity index (χ3v) is 6.22. The van der Waals surface area contributed by atoms with Crippen LogP contribution >= 0.6 is 47.1 Å². The van der Waals surface area contributed by atoms with Crippen molar-refractivity contribution < 1.29 is 4.79 Å². The largest absolute Gasteiger partial charge is 0.357 e. The van der Waals surface area contributed by atoms with Crippen LogP contribution in [0, 0.1) is 0 Å². The Labute approximate surface area is 191 Å². The molecule has 0 spiro atoms. The van der Waals surface area contributed by atoms with E-state index in [2.05, 4.69) is 33.9 Å². The number of hydrogen-bond donors (Lipinski definition) is 3. The van der Waals surface area contributed by atoms with E-state index in [0.717, 1.165) is 46.8 Å². The molecule has 0 radical (unpaired) electrons. The monoisotopic (exact) mass is 531 g/mol. The first-order valence-corrected chi connectivity index (χ1v) is 11.1. The minimum atomic E-state index is 0. The lowest BCUT2D eigenvalue weighted by atomic mass is 9.91. The number of nitrogens with one attached hydrogen (secondary N) is 3. The number of thioether (sulfide) groups is 1. The highest BCUT2D eigenvalue weighted by atomic mass is 127. The quantitative estimate of drug-likeness (QED) is 0.158. The Morgan fingerprint density at radius 2 is 2.25 bits per heavy atom. The van der Waals surface area contributed by atoms with E-state index in [1.807, 2.05) is 29.8 Å². The van der Waals surface area contributed by atoms with E-state index in [-0.39, 0.29) is 35.8 Å². The van der Waals surface area contributed by atoms with Crippen LogP contribution in [-0.2, 0) is 4.79 Å². The number of carbonyl (C=O) groups is 1. The van der Waals surface area contributed by atoms with Crippen LogP contribution in [0.25, 0.3) is 0 Å². The lowest BCUT2D eigenvalue weighted by Crippen LogP contribution is -2.38. The van der Waals surface area contributed by atoms with Crippen LogP contribution in [0.2, 0.25) is 0 Å². The third-order valence-electron chi connectivity index (χ3n) is 4.17. The zero-order valence-electron chi connectivity index (χ0n) is 15.8. The summed E-state index contributed by atoms with van der Waals surface area (Å²) in [5.41, 5.74) is 2.07. The Hall–Kier alpha value is -1.33. The highest BCUT2D eigenvalue weighted by Crippen LogP contribution is 2.31. The van der Waals surface area contributed by atoms with Crippen molar-refractivity contribution in [3.05, 3.63) is 41.4 Å². The van der Waals surface area contributed by atoms with E-state index in [4.69, 9.17) is 4.99 Å². The van der Waals surface area contributed by atoms with E-state index < -0.39 is 0 Å². The topological polar surface area (TPSA) is 78.4 Å². The molecular weight excluding hydrogens is 505 g/mol. The normalized spacial score (nSPS) is 16.0. The molecule has 1 aliphatic rings. The van der Waals surface area contributed by atoms with Crippen molar-refractivity contribution in [3.63, 3.8) is 0 Å². The molecule has 1 atom stereocenters. The molecule has 0 aliphatic carbocycles. The molecule has 6 nitrogen and oxygen atoms in total. The van der Waals surface area contributed by atoms with Crippen molar-refractivity contribution in [1.82, 2.24) is 15.6 Å². The number of thiazole rings is 1. The van der Waals surface area contributed by atoms with Crippen LogP contribution < -0.4 is 16.0 Å². The maximum atomic E-state index is 12.0. The van der Waals surface area contributed by atoms with E-state index in [0.29, 0.717) is 13.0 Å². The lowest BCUT2D eigenvalue weighted by Gasteiger charge is -2.24. The molecule has 2 heterocycles. The zero-order valence-corrected chi connectivity index (χ0v) is 19.8. The number of anilines is 1. The summed E-state index contributed by atoms with van der Waals surface area (Å²) < 4.78 is 1.12. The Morgan fingerprint density at radius 3 is 3.04 bits per heavy atom. The third kappa shape index (κ3) is 6.93. The number of benzene rings is 1. The molecule has 1 aromatic heterocycles. The van der Waals surface area contributed by atoms with Gasteiger partial charge in [0, 0.05) is 48.4 Å². The average Bonchev–Trinajstić information content (AvgIpc) is 3.19. The van der Waals surface area contributed by atoms with Crippen LogP contribution in [-0.4, -0.2) is 42.2 Å². The SMILES string of the molecule is CCNC(=NCC1CC(=O)Nc2ccccc21)NCCCSc1nccs1.I. The van der Waals surface area contributed by atoms with Crippen LogP contribution in [0.5, 0.6) is 0 Å². The molecule has 0 bridgehead atoms. The van der Waals surface area contributed by atoms with Gasteiger partial charge in [0.25, 0.3) is 0 Å². The second-order valence-electron chi connectivity index (χ2n) is 6.18. The minimum Gasteiger partial charge on any atom is -0.357 e. The first-order valence-electron chi connectivity index (χ1n) is 9.19. The second-order valence-corrected chi connectivity index (χ2v) is 8.42. The summed E-state index contributed by atoms with van der Waals surface area (Å²) in [5.74, 6) is 2.01. The smallest absolute Gasteiger partial charge is 0.225 e. The molecule has 1 unspecified atom stereocenters. The summed E-state index contributed by atoms with van der Waals surface area (Å²) in [6.07, 6.45) is 3.35. The minimum absolute atomic E-state index is 0. The van der Waals surface area contributed by atoms with Crippen LogP contribution in [0.15, 0.2) is 45.2 Å². The Balaban J connectivity index is 0.00000280. The number of carbonyl (C=O) groups excluding carboxylic acids is 1. The molecule has 1 amide bonds. The van der Waals surface area contributed by atoms with Crippen molar-refractivity contribution >= 4 is 64.6 Å². The van der Waals surface area contributed by atoms with Crippen LogP contribution in [0.4, 0.5) is 5.69 Å². The number of aliphatic imine (C=N–C) groups is 1. The number of fused-ring (bicyclic) bond motifs is 1. The Kier molecular flexibility index (Phi) is 10.1. The van der Waals surface area contributed by atoms with Gasteiger partial charge in [-0.05, 0) is 25.0 Å². The predicted octanol–water partition coefficient (Wildman–Crippen LogP) is 3.92. The molecule has 1 aliphatic heterocycles.